The molecular weight excluding hydrogens is 520 g/mol. The zero-order chi connectivity index (χ0) is 24.9. The van der Waals surface area contributed by atoms with Gasteiger partial charge in [0.25, 0.3) is 11.8 Å². The third-order valence-electron chi connectivity index (χ3n) is 6.01. The summed E-state index contributed by atoms with van der Waals surface area (Å²) in [5.41, 5.74) is 0.740. The molecule has 1 aromatic rings. The van der Waals surface area contributed by atoms with Crippen LogP contribution < -0.4 is 14.4 Å². The quantitative estimate of drug-likeness (QED) is 0.220. The Morgan fingerprint density at radius 2 is 1.82 bits per heavy atom. The van der Waals surface area contributed by atoms with Crippen LogP contribution in [0.4, 0.5) is 5.69 Å². The standard InChI is InChI=1S/C24H35BrN2O6Si/c1-31-21-13-18-19(14-22(21)33-9-7-5-6-8-25)27(16-32-10-11-34(2,3)4)24(30)20-12-17(28)15-26(20)23(18)29/h13-14,20H,5-12,15-16H2,1-4H3/t20-/m0/s1. The summed E-state index contributed by atoms with van der Waals surface area (Å²) in [5.74, 6) is 0.116. The number of nitrogens with zero attached hydrogens (tertiary/aromatic N) is 2. The van der Waals surface area contributed by atoms with Crippen LogP contribution >= 0.6 is 15.9 Å². The van der Waals surface area contributed by atoms with Crippen LogP contribution in [0.3, 0.4) is 0 Å². The van der Waals surface area contributed by atoms with E-state index in [-0.39, 0.29) is 37.3 Å². The number of alkyl halides is 1. The molecule has 2 heterocycles. The Morgan fingerprint density at radius 1 is 1.06 bits per heavy atom. The van der Waals surface area contributed by atoms with Gasteiger partial charge in [0, 0.05) is 32.5 Å². The largest absolute Gasteiger partial charge is 0.493 e. The van der Waals surface area contributed by atoms with Crippen LogP contribution in [0, 0.1) is 0 Å². The maximum absolute atomic E-state index is 13.5. The molecule has 0 saturated carbocycles. The molecule has 0 radical (unpaired) electrons. The average molecular weight is 556 g/mol. The summed E-state index contributed by atoms with van der Waals surface area (Å²) in [6.45, 7) is 7.76. The molecule has 34 heavy (non-hydrogen) atoms. The molecule has 2 amide bonds. The van der Waals surface area contributed by atoms with Gasteiger partial charge in [0.15, 0.2) is 17.3 Å². The minimum absolute atomic E-state index is 0.0130. The second-order valence-corrected chi connectivity index (χ2v) is 16.3. The number of Topliss-reactive ketones (excluding diaryl/α,β-unsaturated/α-hetero) is 1. The van der Waals surface area contributed by atoms with Crippen LogP contribution in [0.15, 0.2) is 12.1 Å². The van der Waals surface area contributed by atoms with Crippen LogP contribution in [0.25, 0.3) is 0 Å². The molecule has 0 aromatic heterocycles. The first-order valence-corrected chi connectivity index (χ1v) is 16.6. The lowest BCUT2D eigenvalue weighted by molar-refractivity contribution is -0.124. The average Bonchev–Trinajstić information content (AvgIpc) is 3.16. The van der Waals surface area contributed by atoms with Gasteiger partial charge >= 0.3 is 0 Å². The van der Waals surface area contributed by atoms with Crippen LogP contribution in [-0.4, -0.2) is 75.5 Å². The molecule has 2 aliphatic heterocycles. The fourth-order valence-corrected chi connectivity index (χ4v) is 5.17. The first-order chi connectivity index (χ1) is 16.2. The summed E-state index contributed by atoms with van der Waals surface area (Å²) in [6.07, 6.45) is 2.99. The van der Waals surface area contributed by atoms with Crippen molar-refractivity contribution < 1.29 is 28.6 Å². The highest BCUT2D eigenvalue weighted by molar-refractivity contribution is 9.09. The van der Waals surface area contributed by atoms with Crippen molar-refractivity contribution in [1.82, 2.24) is 4.90 Å². The van der Waals surface area contributed by atoms with Crippen molar-refractivity contribution in [2.24, 2.45) is 0 Å². The molecule has 10 heteroatoms. The Bertz CT molecular complexity index is 919. The molecular formula is C24H35BrN2O6Si. The summed E-state index contributed by atoms with van der Waals surface area (Å²) < 4.78 is 17.4. The van der Waals surface area contributed by atoms with Crippen molar-refractivity contribution in [3.05, 3.63) is 17.7 Å². The summed E-state index contributed by atoms with van der Waals surface area (Å²) in [4.78, 5) is 41.9. The van der Waals surface area contributed by atoms with E-state index in [0.29, 0.717) is 36.0 Å². The van der Waals surface area contributed by atoms with E-state index in [1.807, 2.05) is 0 Å². The topological polar surface area (TPSA) is 85.4 Å². The number of rotatable bonds is 12. The van der Waals surface area contributed by atoms with Gasteiger partial charge in [-0.1, -0.05) is 35.6 Å². The Balaban J connectivity index is 1.92. The molecule has 1 saturated heterocycles. The van der Waals surface area contributed by atoms with Gasteiger partial charge in [-0.15, -0.1) is 0 Å². The minimum atomic E-state index is -1.31. The summed E-state index contributed by atoms with van der Waals surface area (Å²) in [5, 5.41) is 0.951. The number of fused-ring (bicyclic) bond motifs is 2. The molecule has 0 spiro atoms. The molecule has 0 bridgehead atoms. The molecule has 1 aromatic carbocycles. The summed E-state index contributed by atoms with van der Waals surface area (Å²) in [7, 11) is 0.214. The molecule has 2 aliphatic rings. The number of unbranched alkanes of at least 4 members (excludes halogenated alkanes) is 2. The monoisotopic (exact) mass is 554 g/mol. The van der Waals surface area contributed by atoms with Crippen molar-refractivity contribution in [2.75, 3.05) is 43.8 Å². The van der Waals surface area contributed by atoms with Gasteiger partial charge in [-0.2, -0.15) is 0 Å². The van der Waals surface area contributed by atoms with Crippen molar-refractivity contribution in [3.63, 3.8) is 0 Å². The number of carbonyl (C=O) groups is 3. The summed E-state index contributed by atoms with van der Waals surface area (Å²) in [6, 6.07) is 3.45. The van der Waals surface area contributed by atoms with E-state index >= 15 is 0 Å². The Hall–Kier alpha value is -1.91. The number of amides is 2. The fourth-order valence-electron chi connectivity index (χ4n) is 4.02. The van der Waals surface area contributed by atoms with Crippen molar-refractivity contribution in [2.45, 2.75) is 57.4 Å². The number of halogens is 1. The van der Waals surface area contributed by atoms with Gasteiger partial charge in [-0.3, -0.25) is 19.3 Å². The Kier molecular flexibility index (Phi) is 9.17. The van der Waals surface area contributed by atoms with Crippen LogP contribution in [0.1, 0.15) is 36.0 Å². The van der Waals surface area contributed by atoms with E-state index in [4.69, 9.17) is 14.2 Å². The van der Waals surface area contributed by atoms with E-state index in [0.717, 1.165) is 30.6 Å². The van der Waals surface area contributed by atoms with E-state index in [1.54, 1.807) is 12.1 Å². The van der Waals surface area contributed by atoms with E-state index in [2.05, 4.69) is 35.6 Å². The van der Waals surface area contributed by atoms with Crippen LogP contribution in [-0.2, 0) is 14.3 Å². The number of methoxy groups -OCH3 is 1. The predicted molar refractivity (Wildman–Crippen MR) is 137 cm³/mol. The number of ether oxygens (including phenoxy) is 3. The second kappa shape index (κ2) is 11.7. The number of carbonyl (C=O) groups excluding carboxylic acids is 3. The SMILES string of the molecule is COc1cc2c(cc1OCCCCCBr)N(COCC[Si](C)(C)C)C(=O)[C@@H]1CC(=O)CN1C2=O. The van der Waals surface area contributed by atoms with Gasteiger partial charge in [-0.25, -0.2) is 0 Å². The third kappa shape index (κ3) is 6.40. The van der Waals surface area contributed by atoms with E-state index in [9.17, 15) is 14.4 Å². The maximum Gasteiger partial charge on any atom is 0.257 e. The predicted octanol–water partition coefficient (Wildman–Crippen LogP) is 4.08. The van der Waals surface area contributed by atoms with E-state index in [1.165, 1.54) is 16.9 Å². The Morgan fingerprint density at radius 3 is 2.50 bits per heavy atom. The summed E-state index contributed by atoms with van der Waals surface area (Å²) >= 11 is 3.43. The molecule has 1 fully saturated rings. The minimum Gasteiger partial charge on any atom is -0.493 e. The first kappa shape index (κ1) is 26.7. The van der Waals surface area contributed by atoms with Crippen LogP contribution in [0.5, 0.6) is 11.5 Å². The van der Waals surface area contributed by atoms with Crippen molar-refractivity contribution in [1.29, 1.82) is 0 Å². The highest BCUT2D eigenvalue weighted by atomic mass is 79.9. The molecule has 0 aliphatic carbocycles. The molecule has 8 nitrogen and oxygen atoms in total. The van der Waals surface area contributed by atoms with Crippen molar-refractivity contribution in [3.8, 4) is 11.5 Å². The molecule has 0 unspecified atom stereocenters. The lowest BCUT2D eigenvalue weighted by Crippen LogP contribution is -2.45. The number of ketones is 1. The normalized spacial score (nSPS) is 18.1. The highest BCUT2D eigenvalue weighted by Crippen LogP contribution is 2.39. The lowest BCUT2D eigenvalue weighted by atomic mass is 10.1. The Labute approximate surface area is 211 Å². The van der Waals surface area contributed by atoms with Gasteiger partial charge in [-0.05, 0) is 31.4 Å². The number of hydrogen-bond donors (Lipinski definition) is 0. The third-order valence-corrected chi connectivity index (χ3v) is 8.28. The van der Waals surface area contributed by atoms with Gasteiger partial charge in [0.1, 0.15) is 12.8 Å². The fraction of sp³-hybridized carbons (Fsp3) is 0.625. The van der Waals surface area contributed by atoms with E-state index < -0.39 is 14.1 Å². The highest BCUT2D eigenvalue weighted by Gasteiger charge is 2.45. The molecule has 1 atom stereocenters. The zero-order valence-electron chi connectivity index (χ0n) is 20.5. The van der Waals surface area contributed by atoms with Gasteiger partial charge in [0.2, 0.25) is 0 Å². The lowest BCUT2D eigenvalue weighted by Gasteiger charge is -2.26. The number of hydrogen-bond acceptors (Lipinski definition) is 6. The van der Waals surface area contributed by atoms with Crippen molar-refractivity contribution >= 4 is 47.3 Å². The van der Waals surface area contributed by atoms with Gasteiger partial charge in [0.05, 0.1) is 31.5 Å². The second-order valence-electron chi connectivity index (χ2n) is 9.92. The maximum atomic E-state index is 13.5. The molecule has 188 valence electrons. The molecule has 3 rings (SSSR count). The number of anilines is 1. The number of benzene rings is 1. The zero-order valence-corrected chi connectivity index (χ0v) is 23.1. The first-order valence-electron chi connectivity index (χ1n) is 11.8. The molecule has 0 N–H and O–H groups in total. The van der Waals surface area contributed by atoms with Crippen LogP contribution in [0.2, 0.25) is 25.7 Å². The smallest absolute Gasteiger partial charge is 0.257 e. The van der Waals surface area contributed by atoms with Gasteiger partial charge < -0.3 is 19.1 Å².